The van der Waals surface area contributed by atoms with Crippen LogP contribution < -0.4 is 4.72 Å². The van der Waals surface area contributed by atoms with E-state index in [1.807, 2.05) is 19.1 Å². The average Bonchev–Trinajstić information content (AvgIpc) is 3.36. The Kier molecular flexibility index (Phi) is 4.28. The van der Waals surface area contributed by atoms with Crippen LogP contribution >= 0.6 is 0 Å². The highest BCUT2D eigenvalue weighted by Crippen LogP contribution is 2.34. The van der Waals surface area contributed by atoms with Gasteiger partial charge in [0.15, 0.2) is 5.76 Å². The summed E-state index contributed by atoms with van der Waals surface area (Å²) in [4.78, 5) is 0. The predicted molar refractivity (Wildman–Crippen MR) is 95.2 cm³/mol. The maximum atomic E-state index is 12.5. The highest BCUT2D eigenvalue weighted by atomic mass is 32.2. The molecule has 4 rings (SSSR count). The number of hydrogen-bond acceptors (Lipinski definition) is 6. The van der Waals surface area contributed by atoms with Gasteiger partial charge in [0.05, 0.1) is 0 Å². The van der Waals surface area contributed by atoms with Crippen molar-refractivity contribution in [2.45, 2.75) is 43.6 Å². The first-order chi connectivity index (χ1) is 12.5. The summed E-state index contributed by atoms with van der Waals surface area (Å²) in [7, 11) is -3.83. The smallest absolute Gasteiger partial charge is 0.295 e. The number of nitrogens with zero attached hydrogens (tertiary/aromatic N) is 2. The molecule has 26 heavy (non-hydrogen) atoms. The summed E-state index contributed by atoms with van der Waals surface area (Å²) < 4.78 is 38.6. The Morgan fingerprint density at radius 3 is 2.46 bits per heavy atom. The zero-order valence-electron chi connectivity index (χ0n) is 14.3. The molecule has 2 heterocycles. The summed E-state index contributed by atoms with van der Waals surface area (Å²) in [6, 6.07) is 9.95. The van der Waals surface area contributed by atoms with E-state index in [9.17, 15) is 8.42 Å². The molecular formula is C18H19N3O4S. The number of rotatable bonds is 5. The summed E-state index contributed by atoms with van der Waals surface area (Å²) in [5, 5.41) is 7.87. The molecule has 0 unspecified atom stereocenters. The summed E-state index contributed by atoms with van der Waals surface area (Å²) in [6.45, 7) is 1.93. The van der Waals surface area contributed by atoms with Gasteiger partial charge in [-0.3, -0.25) is 4.72 Å². The minimum Gasteiger partial charge on any atom is -0.438 e. The first kappa shape index (κ1) is 16.8. The van der Waals surface area contributed by atoms with Crippen LogP contribution in [0.1, 0.15) is 43.1 Å². The number of furan rings is 1. The van der Waals surface area contributed by atoms with Gasteiger partial charge in [0.2, 0.25) is 11.0 Å². The molecule has 8 heteroatoms. The van der Waals surface area contributed by atoms with Crippen LogP contribution in [0.15, 0.2) is 50.3 Å². The number of benzene rings is 1. The lowest BCUT2D eigenvalue weighted by molar-refractivity contribution is 0.421. The van der Waals surface area contributed by atoms with Crippen LogP contribution in [0, 0.1) is 6.92 Å². The summed E-state index contributed by atoms with van der Waals surface area (Å²) in [6.07, 6.45) is 4.41. The van der Waals surface area contributed by atoms with Crippen molar-refractivity contribution in [2.24, 2.45) is 0 Å². The Bertz CT molecular complexity index is 999. The Hall–Kier alpha value is -2.61. The second-order valence-electron chi connectivity index (χ2n) is 6.52. The van der Waals surface area contributed by atoms with Gasteiger partial charge in [-0.1, -0.05) is 30.5 Å². The molecule has 0 saturated heterocycles. The van der Waals surface area contributed by atoms with Crippen LogP contribution in [-0.4, -0.2) is 18.6 Å². The highest BCUT2D eigenvalue weighted by molar-refractivity contribution is 7.92. The van der Waals surface area contributed by atoms with Gasteiger partial charge in [0, 0.05) is 11.6 Å². The van der Waals surface area contributed by atoms with Crippen molar-refractivity contribution >= 4 is 15.7 Å². The summed E-state index contributed by atoms with van der Waals surface area (Å²) >= 11 is 0. The predicted octanol–water partition coefficient (Wildman–Crippen LogP) is 4.10. The standard InChI is InChI=1S/C18H19N3O4S/c1-12-6-8-14(9-7-12)21-26(22,23)16-11-10-15(24-16)18-20-19-17(25-18)13-4-2-3-5-13/h6-11,13,21H,2-5H2,1H3. The van der Waals surface area contributed by atoms with E-state index in [-0.39, 0.29) is 22.7 Å². The number of aromatic nitrogens is 2. The van der Waals surface area contributed by atoms with E-state index in [4.69, 9.17) is 8.83 Å². The highest BCUT2D eigenvalue weighted by Gasteiger charge is 2.25. The molecule has 0 bridgehead atoms. The normalized spacial score (nSPS) is 15.4. The number of aryl methyl sites for hydroxylation is 1. The monoisotopic (exact) mass is 373 g/mol. The molecule has 1 fully saturated rings. The van der Waals surface area contributed by atoms with Crippen LogP contribution in [0.3, 0.4) is 0 Å². The molecule has 0 aliphatic heterocycles. The first-order valence-electron chi connectivity index (χ1n) is 8.54. The lowest BCUT2D eigenvalue weighted by atomic mass is 10.1. The third kappa shape index (κ3) is 3.37. The van der Waals surface area contributed by atoms with E-state index in [0.29, 0.717) is 11.6 Å². The lowest BCUT2D eigenvalue weighted by Gasteiger charge is -2.05. The molecule has 2 aromatic heterocycles. The Balaban J connectivity index is 1.54. The van der Waals surface area contributed by atoms with Gasteiger partial charge >= 0.3 is 0 Å². The van der Waals surface area contributed by atoms with E-state index in [0.717, 1.165) is 31.2 Å². The summed E-state index contributed by atoms with van der Waals surface area (Å²) in [5.74, 6) is 1.32. The zero-order valence-corrected chi connectivity index (χ0v) is 15.1. The van der Waals surface area contributed by atoms with Crippen molar-refractivity contribution in [2.75, 3.05) is 4.72 Å². The van der Waals surface area contributed by atoms with Gasteiger partial charge in [-0.25, -0.2) is 0 Å². The van der Waals surface area contributed by atoms with Crippen molar-refractivity contribution in [3.8, 4) is 11.7 Å². The Morgan fingerprint density at radius 2 is 1.73 bits per heavy atom. The van der Waals surface area contributed by atoms with E-state index < -0.39 is 10.0 Å². The molecule has 0 radical (unpaired) electrons. The molecule has 1 N–H and O–H groups in total. The van der Waals surface area contributed by atoms with Gasteiger partial charge < -0.3 is 8.83 Å². The average molecular weight is 373 g/mol. The Morgan fingerprint density at radius 1 is 1.00 bits per heavy atom. The zero-order chi connectivity index (χ0) is 18.1. The van der Waals surface area contributed by atoms with Crippen LogP contribution in [0.4, 0.5) is 5.69 Å². The fourth-order valence-corrected chi connectivity index (χ4v) is 4.07. The molecule has 0 spiro atoms. The maximum Gasteiger partial charge on any atom is 0.295 e. The molecule has 0 amide bonds. The fraction of sp³-hybridized carbons (Fsp3) is 0.333. The van der Waals surface area contributed by atoms with Gasteiger partial charge in [0.25, 0.3) is 15.9 Å². The van der Waals surface area contributed by atoms with E-state index in [1.54, 1.807) is 12.1 Å². The number of anilines is 1. The number of sulfonamides is 1. The van der Waals surface area contributed by atoms with E-state index in [2.05, 4.69) is 14.9 Å². The van der Waals surface area contributed by atoms with Gasteiger partial charge in [-0.15, -0.1) is 10.2 Å². The van der Waals surface area contributed by atoms with E-state index >= 15 is 0 Å². The molecular weight excluding hydrogens is 354 g/mol. The van der Waals surface area contributed by atoms with Crippen molar-refractivity contribution in [1.82, 2.24) is 10.2 Å². The van der Waals surface area contributed by atoms with Crippen molar-refractivity contribution in [1.29, 1.82) is 0 Å². The second-order valence-corrected chi connectivity index (χ2v) is 8.13. The molecule has 136 valence electrons. The molecule has 0 atom stereocenters. The minimum atomic E-state index is -3.83. The van der Waals surface area contributed by atoms with Crippen molar-refractivity contribution < 1.29 is 17.3 Å². The second kappa shape index (κ2) is 6.60. The molecule has 1 aliphatic carbocycles. The van der Waals surface area contributed by atoms with Crippen LogP contribution in [0.25, 0.3) is 11.7 Å². The van der Waals surface area contributed by atoms with E-state index in [1.165, 1.54) is 12.1 Å². The van der Waals surface area contributed by atoms with Gasteiger partial charge in [-0.05, 0) is 44.0 Å². The number of hydrogen-bond donors (Lipinski definition) is 1. The minimum absolute atomic E-state index is 0.198. The van der Waals surface area contributed by atoms with Crippen molar-refractivity contribution in [3.63, 3.8) is 0 Å². The van der Waals surface area contributed by atoms with Crippen LogP contribution in [0.5, 0.6) is 0 Å². The lowest BCUT2D eigenvalue weighted by Crippen LogP contribution is -2.11. The van der Waals surface area contributed by atoms with Crippen LogP contribution in [0.2, 0.25) is 0 Å². The fourth-order valence-electron chi connectivity index (χ4n) is 3.08. The molecule has 7 nitrogen and oxygen atoms in total. The molecule has 1 aromatic carbocycles. The largest absolute Gasteiger partial charge is 0.438 e. The topological polar surface area (TPSA) is 98.2 Å². The SMILES string of the molecule is Cc1ccc(NS(=O)(=O)c2ccc(-c3nnc(C4CCCC4)o3)o2)cc1. The van der Waals surface area contributed by atoms with Crippen molar-refractivity contribution in [3.05, 3.63) is 47.9 Å². The third-order valence-electron chi connectivity index (χ3n) is 4.51. The summed E-state index contributed by atoms with van der Waals surface area (Å²) in [5.41, 5.74) is 1.51. The Labute approximate surface area is 151 Å². The number of nitrogens with one attached hydrogen (secondary N) is 1. The van der Waals surface area contributed by atoms with Gasteiger partial charge in [-0.2, -0.15) is 8.42 Å². The maximum absolute atomic E-state index is 12.5. The molecule has 3 aromatic rings. The van der Waals surface area contributed by atoms with Gasteiger partial charge in [0.1, 0.15) is 0 Å². The van der Waals surface area contributed by atoms with Crippen LogP contribution in [-0.2, 0) is 10.0 Å². The molecule has 1 aliphatic rings. The molecule has 1 saturated carbocycles. The third-order valence-corrected chi connectivity index (χ3v) is 5.76. The quantitative estimate of drug-likeness (QED) is 0.723. The first-order valence-corrected chi connectivity index (χ1v) is 10.0.